The van der Waals surface area contributed by atoms with Crippen LogP contribution in [0, 0.1) is 0 Å². The molecule has 0 aromatic rings. The first-order chi connectivity index (χ1) is 9.18. The summed E-state index contributed by atoms with van der Waals surface area (Å²) in [7, 11) is 0. The van der Waals surface area contributed by atoms with E-state index in [4.69, 9.17) is 116 Å². The number of halogens is 10. The SMILES string of the molecule is ClCC(Cl)C(Cl)C(Cl)C(Cl)C(Cl)C(Cl)C(Cl)C(Cl)CCl. The van der Waals surface area contributed by atoms with Gasteiger partial charge in [-0.25, -0.2) is 0 Å². The maximum Gasteiger partial charge on any atom is 0.0693 e. The molecule has 0 bridgehead atoms. The van der Waals surface area contributed by atoms with E-state index < -0.39 is 43.0 Å². The minimum absolute atomic E-state index is 0.133. The second-order valence-corrected chi connectivity index (χ2v) is 8.77. The Balaban J connectivity index is 4.71. The Morgan fingerprint density at radius 3 is 0.800 bits per heavy atom. The average molecular weight is 487 g/mol. The van der Waals surface area contributed by atoms with Crippen molar-refractivity contribution >= 4 is 116 Å². The van der Waals surface area contributed by atoms with E-state index in [0.717, 1.165) is 0 Å². The molecule has 0 radical (unpaired) electrons. The Hall–Kier alpha value is 2.90. The first kappa shape index (κ1) is 22.9. The highest BCUT2D eigenvalue weighted by atomic mass is 35.5. The van der Waals surface area contributed by atoms with Gasteiger partial charge < -0.3 is 0 Å². The second kappa shape index (κ2) is 11.5. The maximum absolute atomic E-state index is 6.20. The van der Waals surface area contributed by atoms with Crippen LogP contribution in [0.25, 0.3) is 0 Å². The van der Waals surface area contributed by atoms with Crippen molar-refractivity contribution in [3.8, 4) is 0 Å². The smallest absolute Gasteiger partial charge is 0.0693 e. The summed E-state index contributed by atoms with van der Waals surface area (Å²) >= 11 is 60.0. The minimum atomic E-state index is -0.770. The van der Waals surface area contributed by atoms with Gasteiger partial charge in [-0.2, -0.15) is 0 Å². The van der Waals surface area contributed by atoms with Crippen LogP contribution in [0.2, 0.25) is 0 Å². The molecule has 0 aliphatic rings. The summed E-state index contributed by atoms with van der Waals surface area (Å²) in [5.74, 6) is 0.266. The van der Waals surface area contributed by atoms with E-state index in [2.05, 4.69) is 0 Å². The van der Waals surface area contributed by atoms with E-state index in [1.165, 1.54) is 0 Å². The molecule has 0 saturated carbocycles. The topological polar surface area (TPSA) is 0 Å². The van der Waals surface area contributed by atoms with E-state index in [1.807, 2.05) is 0 Å². The van der Waals surface area contributed by atoms with Crippen molar-refractivity contribution in [1.82, 2.24) is 0 Å². The molecule has 0 N–H and O–H groups in total. The molecule has 0 saturated heterocycles. The fraction of sp³-hybridized carbons (Fsp3) is 1.00. The van der Waals surface area contributed by atoms with Crippen LogP contribution in [-0.2, 0) is 0 Å². The van der Waals surface area contributed by atoms with E-state index in [9.17, 15) is 0 Å². The minimum Gasteiger partial charge on any atom is -0.125 e. The standard InChI is InChI=1S/C10H12Cl10/c11-1-3(13)5(15)7(17)9(19)10(20)8(18)6(16)4(14)2-12/h3-10H,1-2H2. The molecule has 8 atom stereocenters. The number of alkyl halides is 10. The fourth-order valence-corrected chi connectivity index (χ4v) is 4.38. The van der Waals surface area contributed by atoms with Gasteiger partial charge in [0.15, 0.2) is 0 Å². The summed E-state index contributed by atoms with van der Waals surface area (Å²) < 4.78 is 0. The quantitative estimate of drug-likeness (QED) is 0.334. The predicted molar refractivity (Wildman–Crippen MR) is 98.6 cm³/mol. The first-order valence-corrected chi connectivity index (χ1v) is 9.99. The van der Waals surface area contributed by atoms with Crippen LogP contribution < -0.4 is 0 Å². The molecule has 0 nitrogen and oxygen atoms in total. The molecule has 0 aromatic carbocycles. The van der Waals surface area contributed by atoms with Gasteiger partial charge in [0, 0.05) is 11.8 Å². The molecular formula is C10H12Cl10. The van der Waals surface area contributed by atoms with Crippen molar-refractivity contribution in [2.24, 2.45) is 0 Å². The molecule has 10 heteroatoms. The zero-order valence-electron chi connectivity index (χ0n) is 9.81. The third kappa shape index (κ3) is 6.80. The first-order valence-electron chi connectivity index (χ1n) is 5.43. The van der Waals surface area contributed by atoms with Crippen LogP contribution in [0.4, 0.5) is 0 Å². The molecule has 0 aliphatic heterocycles. The van der Waals surface area contributed by atoms with Crippen LogP contribution in [0.3, 0.4) is 0 Å². The van der Waals surface area contributed by atoms with Gasteiger partial charge in [-0.3, -0.25) is 0 Å². The van der Waals surface area contributed by atoms with Gasteiger partial charge in [-0.05, 0) is 0 Å². The van der Waals surface area contributed by atoms with Crippen LogP contribution in [0.15, 0.2) is 0 Å². The van der Waals surface area contributed by atoms with Gasteiger partial charge in [0.1, 0.15) is 0 Å². The zero-order valence-corrected chi connectivity index (χ0v) is 17.4. The third-order valence-electron chi connectivity index (χ3n) is 2.51. The molecule has 0 rings (SSSR count). The normalized spacial score (nSPS) is 24.3. The van der Waals surface area contributed by atoms with Crippen LogP contribution >= 0.6 is 116 Å². The van der Waals surface area contributed by atoms with Crippen molar-refractivity contribution in [3.63, 3.8) is 0 Å². The summed E-state index contributed by atoms with van der Waals surface area (Å²) in [6.45, 7) is 0. The third-order valence-corrected chi connectivity index (χ3v) is 8.57. The Bertz CT molecular complexity index is 238. The molecule has 0 aliphatic carbocycles. The van der Waals surface area contributed by atoms with E-state index in [-0.39, 0.29) is 11.8 Å². The zero-order chi connectivity index (χ0) is 16.0. The lowest BCUT2D eigenvalue weighted by atomic mass is 10.1. The highest BCUT2D eigenvalue weighted by Gasteiger charge is 2.40. The molecule has 0 aromatic heterocycles. The van der Waals surface area contributed by atoms with Crippen molar-refractivity contribution < 1.29 is 0 Å². The largest absolute Gasteiger partial charge is 0.125 e. The van der Waals surface area contributed by atoms with E-state index >= 15 is 0 Å². The Kier molecular flexibility index (Phi) is 13.1. The molecule has 8 unspecified atom stereocenters. The molecule has 0 spiro atoms. The molecule has 122 valence electrons. The van der Waals surface area contributed by atoms with Crippen molar-refractivity contribution in [3.05, 3.63) is 0 Å². The lowest BCUT2D eigenvalue weighted by Gasteiger charge is -2.31. The monoisotopic (exact) mass is 482 g/mol. The van der Waals surface area contributed by atoms with Crippen molar-refractivity contribution in [2.45, 2.75) is 43.0 Å². The summed E-state index contributed by atoms with van der Waals surface area (Å²) in [6.07, 6.45) is 0. The lowest BCUT2D eigenvalue weighted by Crippen LogP contribution is -2.44. The highest BCUT2D eigenvalue weighted by molar-refractivity contribution is 6.43. The molecular weight excluding hydrogens is 475 g/mol. The van der Waals surface area contributed by atoms with E-state index in [0.29, 0.717) is 0 Å². The van der Waals surface area contributed by atoms with Gasteiger partial charge in [0.05, 0.1) is 43.0 Å². The fourth-order valence-electron chi connectivity index (χ4n) is 1.27. The highest BCUT2D eigenvalue weighted by Crippen LogP contribution is 2.34. The van der Waals surface area contributed by atoms with Crippen molar-refractivity contribution in [2.75, 3.05) is 11.8 Å². The number of hydrogen-bond acceptors (Lipinski definition) is 0. The Morgan fingerprint density at radius 2 is 0.600 bits per heavy atom. The van der Waals surface area contributed by atoms with Crippen LogP contribution in [-0.4, -0.2) is 54.8 Å². The lowest BCUT2D eigenvalue weighted by molar-refractivity contribution is 0.623. The second-order valence-electron chi connectivity index (χ2n) is 4.01. The molecule has 20 heavy (non-hydrogen) atoms. The van der Waals surface area contributed by atoms with Crippen LogP contribution in [0.5, 0.6) is 0 Å². The number of rotatable bonds is 9. The van der Waals surface area contributed by atoms with Gasteiger partial charge in [-0.15, -0.1) is 116 Å². The molecule has 0 fully saturated rings. The average Bonchev–Trinajstić information content (AvgIpc) is 2.48. The summed E-state index contributed by atoms with van der Waals surface area (Å²) in [4.78, 5) is 0. The summed E-state index contributed by atoms with van der Waals surface area (Å²) in [6, 6.07) is 0. The van der Waals surface area contributed by atoms with Gasteiger partial charge in [-0.1, -0.05) is 0 Å². The number of hydrogen-bond donors (Lipinski definition) is 0. The molecule has 0 amide bonds. The van der Waals surface area contributed by atoms with Gasteiger partial charge in [0.2, 0.25) is 0 Å². The van der Waals surface area contributed by atoms with Crippen LogP contribution in [0.1, 0.15) is 0 Å². The molecule has 0 heterocycles. The van der Waals surface area contributed by atoms with Gasteiger partial charge >= 0.3 is 0 Å². The van der Waals surface area contributed by atoms with E-state index in [1.54, 1.807) is 0 Å². The Morgan fingerprint density at radius 1 is 0.400 bits per heavy atom. The summed E-state index contributed by atoms with van der Waals surface area (Å²) in [5, 5.41) is -5.45. The summed E-state index contributed by atoms with van der Waals surface area (Å²) in [5.41, 5.74) is 0. The van der Waals surface area contributed by atoms with Gasteiger partial charge in [0.25, 0.3) is 0 Å². The maximum atomic E-state index is 6.20. The Labute approximate surface area is 169 Å². The van der Waals surface area contributed by atoms with Crippen molar-refractivity contribution in [1.29, 1.82) is 0 Å². The predicted octanol–water partition coefficient (Wildman–Crippen LogP) is 6.32.